The van der Waals surface area contributed by atoms with Crippen molar-refractivity contribution in [3.8, 4) is 0 Å². The third kappa shape index (κ3) is 4.23. The predicted octanol–water partition coefficient (Wildman–Crippen LogP) is 1.75. The van der Waals surface area contributed by atoms with Gasteiger partial charge < -0.3 is 15.0 Å². The van der Waals surface area contributed by atoms with Crippen LogP contribution in [0.2, 0.25) is 0 Å². The molecule has 1 aliphatic rings. The van der Waals surface area contributed by atoms with Crippen LogP contribution in [-0.4, -0.2) is 40.6 Å². The van der Waals surface area contributed by atoms with Crippen LogP contribution in [-0.2, 0) is 4.74 Å². The summed E-state index contributed by atoms with van der Waals surface area (Å²) in [5.41, 5.74) is 0. The first-order chi connectivity index (χ1) is 7.13. The van der Waals surface area contributed by atoms with Crippen molar-refractivity contribution < 1.29 is 14.3 Å². The molecule has 1 N–H and O–H groups in total. The van der Waals surface area contributed by atoms with Gasteiger partial charge in [0.1, 0.15) is 0 Å². The lowest BCUT2D eigenvalue weighted by Gasteiger charge is -2.30. The Bertz CT molecular complexity index is 240. The number of piperidine rings is 1. The van der Waals surface area contributed by atoms with Crippen LogP contribution < -0.4 is 5.32 Å². The summed E-state index contributed by atoms with van der Waals surface area (Å²) in [5, 5.41) is 2.78. The molecule has 0 radical (unpaired) electrons. The summed E-state index contributed by atoms with van der Waals surface area (Å²) in [7, 11) is 0. The van der Waals surface area contributed by atoms with E-state index < -0.39 is 0 Å². The van der Waals surface area contributed by atoms with Gasteiger partial charge in [-0.25, -0.2) is 4.79 Å². The van der Waals surface area contributed by atoms with E-state index in [0.29, 0.717) is 19.7 Å². The Morgan fingerprint density at radius 2 is 2.07 bits per heavy atom. The molecule has 1 heterocycles. The average molecular weight is 326 g/mol. The fourth-order valence-corrected chi connectivity index (χ4v) is 2.02. The summed E-state index contributed by atoms with van der Waals surface area (Å²) in [4.78, 5) is 23.9. The third-order valence-corrected chi connectivity index (χ3v) is 3.02. The number of carbonyl (C=O) groups excluding carboxylic acids is 2. The van der Waals surface area contributed by atoms with Gasteiger partial charge in [0.15, 0.2) is 0 Å². The molecule has 0 aliphatic carbocycles. The molecule has 1 fully saturated rings. The van der Waals surface area contributed by atoms with E-state index in [2.05, 4.69) is 5.32 Å². The van der Waals surface area contributed by atoms with Crippen molar-refractivity contribution in [1.82, 2.24) is 10.2 Å². The van der Waals surface area contributed by atoms with Crippen molar-refractivity contribution in [3.63, 3.8) is 0 Å². The molecule has 86 valence electrons. The quantitative estimate of drug-likeness (QED) is 0.478. The number of rotatable bonds is 2. The molecular weight excluding hydrogens is 311 g/mol. The van der Waals surface area contributed by atoms with Crippen LogP contribution in [0.1, 0.15) is 19.8 Å². The normalized spacial score (nSPS) is 17.3. The Balaban J connectivity index is 2.25. The number of nitrogens with one attached hydrogen (secondary N) is 1. The maximum Gasteiger partial charge on any atom is 0.407 e. The summed E-state index contributed by atoms with van der Waals surface area (Å²) < 4.78 is 4.86. The average Bonchev–Trinajstić information content (AvgIpc) is 2.18. The van der Waals surface area contributed by atoms with E-state index in [9.17, 15) is 9.59 Å². The van der Waals surface area contributed by atoms with Crippen LogP contribution in [0.3, 0.4) is 0 Å². The molecule has 15 heavy (non-hydrogen) atoms. The van der Waals surface area contributed by atoms with Gasteiger partial charge >= 0.3 is 6.09 Å². The van der Waals surface area contributed by atoms with E-state index in [-0.39, 0.29) is 16.0 Å². The number of carbonyl (C=O) groups is 2. The highest BCUT2D eigenvalue weighted by Crippen LogP contribution is 2.13. The van der Waals surface area contributed by atoms with Gasteiger partial charge in [0.2, 0.25) is 0 Å². The summed E-state index contributed by atoms with van der Waals surface area (Å²) in [6.07, 6.45) is 1.23. The first-order valence-corrected chi connectivity index (χ1v) is 6.09. The Morgan fingerprint density at radius 3 is 2.53 bits per heavy atom. The molecular formula is C9H15IN2O3. The monoisotopic (exact) mass is 326 g/mol. The summed E-state index contributed by atoms with van der Waals surface area (Å²) in [5.74, 6) is 0. The number of amides is 2. The van der Waals surface area contributed by atoms with Crippen LogP contribution >= 0.6 is 22.6 Å². The van der Waals surface area contributed by atoms with Gasteiger partial charge in [0, 0.05) is 41.7 Å². The largest absolute Gasteiger partial charge is 0.450 e. The minimum Gasteiger partial charge on any atom is -0.450 e. The van der Waals surface area contributed by atoms with Gasteiger partial charge in [0.25, 0.3) is 3.91 Å². The predicted molar refractivity (Wildman–Crippen MR) is 64.2 cm³/mol. The second-order valence-electron chi connectivity index (χ2n) is 3.38. The number of alkyl carbamates (subject to hydrolysis) is 1. The Hall–Kier alpha value is -0.530. The summed E-state index contributed by atoms with van der Waals surface area (Å²) >= 11 is 1.78. The summed E-state index contributed by atoms with van der Waals surface area (Å²) in [6, 6.07) is 0.135. The molecule has 1 saturated heterocycles. The molecule has 0 spiro atoms. The number of hydrogen-bond donors (Lipinski definition) is 1. The Labute approximate surface area is 103 Å². The van der Waals surface area contributed by atoms with E-state index in [1.54, 1.807) is 34.4 Å². The van der Waals surface area contributed by atoms with Crippen LogP contribution in [0, 0.1) is 0 Å². The number of likely N-dealkylation sites (tertiary alicyclic amines) is 1. The molecule has 5 nitrogen and oxygen atoms in total. The highest BCUT2D eigenvalue weighted by Gasteiger charge is 2.22. The Kier molecular flexibility index (Phi) is 5.13. The molecule has 0 saturated carbocycles. The van der Waals surface area contributed by atoms with Gasteiger partial charge in [0.05, 0.1) is 6.61 Å². The zero-order valence-electron chi connectivity index (χ0n) is 8.66. The molecule has 6 heteroatoms. The number of nitrogens with zero attached hydrogens (tertiary/aromatic N) is 1. The lowest BCUT2D eigenvalue weighted by molar-refractivity contribution is 0.141. The standard InChI is InChI=1S/C9H15IN2O3/c1-2-15-9(14)11-7-3-5-12(6-4-7)8(10)13/h7H,2-6H2,1H3,(H,11,14). The second kappa shape index (κ2) is 6.14. The fourth-order valence-electron chi connectivity index (χ4n) is 1.54. The molecule has 0 unspecified atom stereocenters. The lowest BCUT2D eigenvalue weighted by atomic mass is 10.1. The van der Waals surface area contributed by atoms with Gasteiger partial charge in [-0.2, -0.15) is 0 Å². The van der Waals surface area contributed by atoms with Crippen molar-refractivity contribution in [2.24, 2.45) is 0 Å². The van der Waals surface area contributed by atoms with Crippen molar-refractivity contribution in [2.75, 3.05) is 19.7 Å². The van der Waals surface area contributed by atoms with Crippen molar-refractivity contribution in [1.29, 1.82) is 0 Å². The van der Waals surface area contributed by atoms with Crippen molar-refractivity contribution in [3.05, 3.63) is 0 Å². The fraction of sp³-hybridized carbons (Fsp3) is 0.778. The molecule has 2 amide bonds. The maximum absolute atomic E-state index is 11.1. The lowest BCUT2D eigenvalue weighted by Crippen LogP contribution is -2.45. The van der Waals surface area contributed by atoms with Gasteiger partial charge in [-0.3, -0.25) is 4.79 Å². The van der Waals surface area contributed by atoms with Gasteiger partial charge in [-0.05, 0) is 19.8 Å². The number of halogens is 1. The third-order valence-electron chi connectivity index (χ3n) is 2.34. The zero-order chi connectivity index (χ0) is 11.3. The summed E-state index contributed by atoms with van der Waals surface area (Å²) in [6.45, 7) is 3.57. The molecule has 1 rings (SSSR count). The van der Waals surface area contributed by atoms with Crippen LogP contribution in [0.4, 0.5) is 9.59 Å². The minimum absolute atomic E-state index is 0.0715. The molecule has 1 aliphatic heterocycles. The molecule has 0 aromatic rings. The van der Waals surface area contributed by atoms with Crippen molar-refractivity contribution in [2.45, 2.75) is 25.8 Å². The maximum atomic E-state index is 11.1. The number of hydrogen-bond acceptors (Lipinski definition) is 3. The van der Waals surface area contributed by atoms with Crippen LogP contribution in [0.5, 0.6) is 0 Å². The van der Waals surface area contributed by atoms with E-state index in [0.717, 1.165) is 12.8 Å². The Morgan fingerprint density at radius 1 is 1.47 bits per heavy atom. The van der Waals surface area contributed by atoms with Gasteiger partial charge in [-0.15, -0.1) is 0 Å². The first kappa shape index (κ1) is 12.5. The van der Waals surface area contributed by atoms with Crippen LogP contribution in [0.15, 0.2) is 0 Å². The molecule has 0 aromatic heterocycles. The minimum atomic E-state index is -0.364. The molecule has 0 atom stereocenters. The van der Waals surface area contributed by atoms with Crippen LogP contribution in [0.25, 0.3) is 0 Å². The van der Waals surface area contributed by atoms with Crippen molar-refractivity contribution >= 4 is 32.6 Å². The van der Waals surface area contributed by atoms with Gasteiger partial charge in [-0.1, -0.05) is 0 Å². The molecule has 0 aromatic carbocycles. The SMILES string of the molecule is CCOC(=O)NC1CCN(C(=O)I)CC1. The van der Waals surface area contributed by atoms with E-state index in [1.165, 1.54) is 0 Å². The first-order valence-electron chi connectivity index (χ1n) is 5.01. The van der Waals surface area contributed by atoms with E-state index in [1.807, 2.05) is 0 Å². The second-order valence-corrected chi connectivity index (χ2v) is 4.30. The smallest absolute Gasteiger partial charge is 0.407 e. The highest BCUT2D eigenvalue weighted by atomic mass is 127. The van der Waals surface area contributed by atoms with E-state index >= 15 is 0 Å². The molecule has 0 bridgehead atoms. The number of ether oxygens (including phenoxy) is 1. The van der Waals surface area contributed by atoms with E-state index in [4.69, 9.17) is 4.74 Å². The highest BCUT2D eigenvalue weighted by molar-refractivity contribution is 14.1. The zero-order valence-corrected chi connectivity index (χ0v) is 10.8. The topological polar surface area (TPSA) is 58.6 Å².